The normalized spacial score (nSPS) is 10.2. The van der Waals surface area contributed by atoms with E-state index in [-0.39, 0.29) is 11.5 Å². The number of ketones is 1. The lowest BCUT2D eigenvalue weighted by atomic mass is 10.2. The topological polar surface area (TPSA) is 20.9 Å². The van der Waals surface area contributed by atoms with Crippen LogP contribution in [0.2, 0.25) is 0 Å². The summed E-state index contributed by atoms with van der Waals surface area (Å²) < 4.78 is 1.95. The van der Waals surface area contributed by atoms with Gasteiger partial charge in [-0.2, -0.15) is 17.2 Å². The number of hydrogen-bond acceptors (Lipinski definition) is 2. The van der Waals surface area contributed by atoms with E-state index < -0.39 is 0 Å². The molecule has 0 radical (unpaired) electrons. The summed E-state index contributed by atoms with van der Waals surface area (Å²) in [5.74, 6) is 0.281. The Kier molecular flexibility index (Phi) is 3.94. The Morgan fingerprint density at radius 2 is 1.76 bits per heavy atom. The number of benzene rings is 1. The van der Waals surface area contributed by atoms with Crippen LogP contribution in [0.3, 0.4) is 0 Å². The Bertz CT molecular complexity index is 511. The van der Waals surface area contributed by atoms with E-state index in [2.05, 4.69) is 24.8 Å². The molecule has 2 aromatic rings. The van der Waals surface area contributed by atoms with Gasteiger partial charge in [0.1, 0.15) is 0 Å². The fraction of sp³-hybridized carbons (Fsp3) is 0.143. The van der Waals surface area contributed by atoms with Crippen LogP contribution in [0.25, 0.3) is 0 Å². The number of carbonyl (C=O) groups is 1. The first-order chi connectivity index (χ1) is 8.31. The summed E-state index contributed by atoms with van der Waals surface area (Å²) in [6, 6.07) is 15.7. The van der Waals surface area contributed by atoms with Crippen molar-refractivity contribution in [3.05, 3.63) is 66.0 Å². The largest absolute Gasteiger partial charge is 0.286 e. The molecule has 0 aliphatic rings. The number of pyridine rings is 1. The second kappa shape index (κ2) is 5.64. The summed E-state index contributed by atoms with van der Waals surface area (Å²) >= 11 is 4.04. The van der Waals surface area contributed by atoms with E-state index in [9.17, 15) is 4.79 Å². The van der Waals surface area contributed by atoms with Crippen molar-refractivity contribution in [1.82, 2.24) is 0 Å². The van der Waals surface area contributed by atoms with Gasteiger partial charge < -0.3 is 0 Å². The average Bonchev–Trinajstić information content (AvgIpc) is 2.40. The lowest BCUT2D eigenvalue weighted by Gasteiger charge is -2.01. The van der Waals surface area contributed by atoms with Crippen LogP contribution in [-0.4, -0.2) is 11.5 Å². The molecule has 2 rings (SSSR count). The number of aromatic nitrogens is 1. The van der Waals surface area contributed by atoms with E-state index in [1.807, 2.05) is 47.2 Å². The van der Waals surface area contributed by atoms with E-state index in [1.165, 1.54) is 5.56 Å². The third kappa shape index (κ3) is 2.94. The molecule has 2 nitrogen and oxygen atoms in total. The lowest BCUT2D eigenvalue weighted by molar-refractivity contribution is -0.690. The molecular weight excluding hydrogens is 230 g/mol. The number of carbonyl (C=O) groups excluding carboxylic acids is 1. The van der Waals surface area contributed by atoms with Crippen molar-refractivity contribution in [2.45, 2.75) is 6.54 Å². The van der Waals surface area contributed by atoms with Crippen LogP contribution in [0.4, 0.5) is 0 Å². The van der Waals surface area contributed by atoms with Gasteiger partial charge in [-0.15, -0.1) is 0 Å². The standard InChI is InChI=1S/C14H13NOS/c16-14(11-17)13-8-4-5-9-15(13)10-12-6-2-1-3-7-12/h1-9H,10-11H2/p+1. The van der Waals surface area contributed by atoms with Gasteiger partial charge in [0.2, 0.25) is 11.5 Å². The molecule has 0 saturated heterocycles. The smallest absolute Gasteiger partial charge is 0.249 e. The van der Waals surface area contributed by atoms with Gasteiger partial charge in [-0.05, 0) is 6.07 Å². The molecule has 1 heterocycles. The first-order valence-corrected chi connectivity index (χ1v) is 6.11. The monoisotopic (exact) mass is 244 g/mol. The Hall–Kier alpha value is -1.61. The molecule has 0 saturated carbocycles. The number of hydrogen-bond donors (Lipinski definition) is 1. The number of Topliss-reactive ketones (excluding diaryl/α,β-unsaturated/α-hetero) is 1. The second-order valence-electron chi connectivity index (χ2n) is 3.78. The molecule has 1 aromatic heterocycles. The highest BCUT2D eigenvalue weighted by atomic mass is 32.1. The predicted octanol–water partition coefficient (Wildman–Crippen LogP) is 2.13. The van der Waals surface area contributed by atoms with Crippen LogP contribution in [0.15, 0.2) is 54.7 Å². The number of nitrogens with zero attached hydrogens (tertiary/aromatic N) is 1. The van der Waals surface area contributed by atoms with Gasteiger partial charge in [-0.3, -0.25) is 4.79 Å². The van der Waals surface area contributed by atoms with Crippen LogP contribution in [0.1, 0.15) is 16.1 Å². The maximum atomic E-state index is 11.7. The summed E-state index contributed by atoms with van der Waals surface area (Å²) in [4.78, 5) is 11.7. The summed E-state index contributed by atoms with van der Waals surface area (Å²) in [6.07, 6.45) is 1.92. The van der Waals surface area contributed by atoms with Crippen molar-refractivity contribution in [1.29, 1.82) is 0 Å². The first kappa shape index (κ1) is 11.9. The summed E-state index contributed by atoms with van der Waals surface area (Å²) in [6.45, 7) is 0.705. The average molecular weight is 244 g/mol. The van der Waals surface area contributed by atoms with Crippen molar-refractivity contribution in [2.75, 3.05) is 5.75 Å². The number of thiol groups is 1. The SMILES string of the molecule is O=C(CS)c1cccc[n+]1Cc1ccccc1. The summed E-state index contributed by atoms with van der Waals surface area (Å²) in [7, 11) is 0. The molecule has 86 valence electrons. The maximum Gasteiger partial charge on any atom is 0.249 e. The molecule has 0 fully saturated rings. The minimum Gasteiger partial charge on any atom is -0.286 e. The first-order valence-electron chi connectivity index (χ1n) is 5.47. The quantitative estimate of drug-likeness (QED) is 0.496. The zero-order chi connectivity index (χ0) is 12.1. The number of rotatable bonds is 4. The highest BCUT2D eigenvalue weighted by Gasteiger charge is 2.16. The van der Waals surface area contributed by atoms with E-state index in [0.717, 1.165) is 0 Å². The Morgan fingerprint density at radius 3 is 2.47 bits per heavy atom. The zero-order valence-electron chi connectivity index (χ0n) is 9.41. The van der Waals surface area contributed by atoms with Crippen molar-refractivity contribution < 1.29 is 9.36 Å². The minimum absolute atomic E-state index is 0.0462. The van der Waals surface area contributed by atoms with Crippen LogP contribution < -0.4 is 4.57 Å². The van der Waals surface area contributed by atoms with Gasteiger partial charge in [-0.25, -0.2) is 0 Å². The molecule has 0 amide bonds. The van der Waals surface area contributed by atoms with Gasteiger partial charge in [-0.1, -0.05) is 30.3 Å². The molecule has 0 atom stereocenters. The van der Waals surface area contributed by atoms with Gasteiger partial charge >= 0.3 is 0 Å². The molecule has 3 heteroatoms. The van der Waals surface area contributed by atoms with E-state index in [4.69, 9.17) is 0 Å². The Balaban J connectivity index is 2.30. The van der Waals surface area contributed by atoms with Crippen molar-refractivity contribution in [3.8, 4) is 0 Å². The third-order valence-corrected chi connectivity index (χ3v) is 2.85. The fourth-order valence-corrected chi connectivity index (χ4v) is 1.89. The van der Waals surface area contributed by atoms with Crippen LogP contribution in [-0.2, 0) is 6.54 Å². The van der Waals surface area contributed by atoms with Crippen LogP contribution in [0.5, 0.6) is 0 Å². The molecule has 0 bridgehead atoms. The van der Waals surface area contributed by atoms with E-state index in [0.29, 0.717) is 12.2 Å². The molecule has 1 aromatic carbocycles. The van der Waals surface area contributed by atoms with Crippen molar-refractivity contribution >= 4 is 18.4 Å². The van der Waals surface area contributed by atoms with Crippen LogP contribution in [0, 0.1) is 0 Å². The van der Waals surface area contributed by atoms with Gasteiger partial charge in [0.05, 0.1) is 5.75 Å². The molecule has 0 spiro atoms. The van der Waals surface area contributed by atoms with E-state index in [1.54, 1.807) is 0 Å². The fourth-order valence-electron chi connectivity index (χ4n) is 1.73. The maximum absolute atomic E-state index is 11.7. The predicted molar refractivity (Wildman–Crippen MR) is 70.4 cm³/mol. The molecule has 0 N–H and O–H groups in total. The third-order valence-electron chi connectivity index (χ3n) is 2.57. The van der Waals surface area contributed by atoms with Crippen molar-refractivity contribution in [3.63, 3.8) is 0 Å². The highest BCUT2D eigenvalue weighted by Crippen LogP contribution is 2.01. The van der Waals surface area contributed by atoms with Gasteiger partial charge in [0, 0.05) is 17.7 Å². The van der Waals surface area contributed by atoms with Gasteiger partial charge in [0.15, 0.2) is 12.7 Å². The van der Waals surface area contributed by atoms with Crippen LogP contribution >= 0.6 is 12.6 Å². The Morgan fingerprint density at radius 1 is 1.06 bits per heavy atom. The molecule has 0 aliphatic heterocycles. The minimum atomic E-state index is 0.0462. The second-order valence-corrected chi connectivity index (χ2v) is 4.10. The molecule has 17 heavy (non-hydrogen) atoms. The molecule has 0 aliphatic carbocycles. The molecular formula is C14H14NOS+. The van der Waals surface area contributed by atoms with Crippen molar-refractivity contribution in [2.24, 2.45) is 0 Å². The lowest BCUT2D eigenvalue weighted by Crippen LogP contribution is -2.40. The van der Waals surface area contributed by atoms with Gasteiger partial charge in [0.25, 0.3) is 0 Å². The zero-order valence-corrected chi connectivity index (χ0v) is 10.3. The summed E-state index contributed by atoms with van der Waals surface area (Å²) in [5.41, 5.74) is 1.88. The summed E-state index contributed by atoms with van der Waals surface area (Å²) in [5, 5.41) is 0. The molecule has 0 unspecified atom stereocenters. The highest BCUT2D eigenvalue weighted by molar-refractivity contribution is 7.81. The Labute approximate surface area is 106 Å². The van der Waals surface area contributed by atoms with E-state index >= 15 is 0 Å².